The fourth-order valence-electron chi connectivity index (χ4n) is 2.36. The van der Waals surface area contributed by atoms with Crippen molar-refractivity contribution in [3.63, 3.8) is 0 Å². The van der Waals surface area contributed by atoms with Gasteiger partial charge in [0, 0.05) is 18.6 Å². The molecule has 0 heterocycles. The smallest absolute Gasteiger partial charge is 0.306 e. The number of ether oxygens (including phenoxy) is 1. The lowest BCUT2D eigenvalue weighted by Gasteiger charge is -2.34. The van der Waals surface area contributed by atoms with Crippen molar-refractivity contribution in [1.29, 1.82) is 0 Å². The van der Waals surface area contributed by atoms with Gasteiger partial charge in [0.25, 0.3) is 0 Å². The Kier molecular flexibility index (Phi) is 5.77. The maximum atomic E-state index is 11.0. The van der Waals surface area contributed by atoms with Crippen molar-refractivity contribution in [2.75, 3.05) is 27.7 Å². The SMILES string of the molecule is CNC1CCC(N(C)CCC(=O)OC)CC1. The van der Waals surface area contributed by atoms with Gasteiger partial charge in [-0.2, -0.15) is 0 Å². The van der Waals surface area contributed by atoms with Crippen molar-refractivity contribution in [3.05, 3.63) is 0 Å². The van der Waals surface area contributed by atoms with E-state index in [1.807, 2.05) is 7.05 Å². The summed E-state index contributed by atoms with van der Waals surface area (Å²) in [6.45, 7) is 0.807. The lowest BCUT2D eigenvalue weighted by atomic mass is 9.90. The molecule has 1 N–H and O–H groups in total. The average Bonchev–Trinajstić information content (AvgIpc) is 2.35. The Hall–Kier alpha value is -0.610. The minimum atomic E-state index is -0.115. The Morgan fingerprint density at radius 2 is 2.00 bits per heavy atom. The molecule has 0 spiro atoms. The largest absolute Gasteiger partial charge is 0.469 e. The standard InChI is InChI=1S/C12H24N2O2/c1-13-10-4-6-11(7-5-10)14(2)9-8-12(15)16-3/h10-11,13H,4-9H2,1-3H3. The Bertz CT molecular complexity index is 213. The van der Waals surface area contributed by atoms with Gasteiger partial charge in [-0.1, -0.05) is 0 Å². The molecule has 0 aromatic heterocycles. The van der Waals surface area contributed by atoms with Crippen LogP contribution in [0.2, 0.25) is 0 Å². The van der Waals surface area contributed by atoms with Gasteiger partial charge in [-0.15, -0.1) is 0 Å². The molecule has 0 saturated heterocycles. The summed E-state index contributed by atoms with van der Waals surface area (Å²) in [5.74, 6) is -0.115. The second-order valence-electron chi connectivity index (χ2n) is 4.60. The average molecular weight is 228 g/mol. The Morgan fingerprint density at radius 1 is 1.38 bits per heavy atom. The zero-order valence-electron chi connectivity index (χ0n) is 10.7. The summed E-state index contributed by atoms with van der Waals surface area (Å²) in [6.07, 6.45) is 5.43. The molecule has 0 amide bonds. The number of hydrogen-bond donors (Lipinski definition) is 1. The summed E-state index contributed by atoms with van der Waals surface area (Å²) in [5.41, 5.74) is 0. The van der Waals surface area contributed by atoms with E-state index in [2.05, 4.69) is 22.0 Å². The minimum Gasteiger partial charge on any atom is -0.469 e. The summed E-state index contributed by atoms with van der Waals surface area (Å²) in [5, 5.41) is 3.33. The Morgan fingerprint density at radius 3 is 2.50 bits per heavy atom. The molecule has 0 unspecified atom stereocenters. The highest BCUT2D eigenvalue weighted by molar-refractivity contribution is 5.69. The van der Waals surface area contributed by atoms with Gasteiger partial charge in [-0.3, -0.25) is 4.79 Å². The van der Waals surface area contributed by atoms with Crippen molar-refractivity contribution >= 4 is 5.97 Å². The molecule has 1 aliphatic carbocycles. The molecule has 0 aliphatic heterocycles. The first-order valence-electron chi connectivity index (χ1n) is 6.11. The van der Waals surface area contributed by atoms with Crippen LogP contribution >= 0.6 is 0 Å². The van der Waals surface area contributed by atoms with Gasteiger partial charge in [0.05, 0.1) is 13.5 Å². The summed E-state index contributed by atoms with van der Waals surface area (Å²) >= 11 is 0. The summed E-state index contributed by atoms with van der Waals surface area (Å²) in [4.78, 5) is 13.3. The molecule has 1 aliphatic rings. The van der Waals surface area contributed by atoms with E-state index in [1.165, 1.54) is 32.8 Å². The van der Waals surface area contributed by atoms with Crippen LogP contribution in [0.5, 0.6) is 0 Å². The van der Waals surface area contributed by atoms with Gasteiger partial charge in [0.15, 0.2) is 0 Å². The van der Waals surface area contributed by atoms with Gasteiger partial charge in [-0.05, 0) is 39.8 Å². The predicted molar refractivity (Wildman–Crippen MR) is 64.4 cm³/mol. The van der Waals surface area contributed by atoms with Crippen LogP contribution in [0.15, 0.2) is 0 Å². The molecule has 4 heteroatoms. The van der Waals surface area contributed by atoms with E-state index < -0.39 is 0 Å². The first-order chi connectivity index (χ1) is 7.67. The molecule has 0 bridgehead atoms. The number of nitrogens with zero attached hydrogens (tertiary/aromatic N) is 1. The number of carbonyl (C=O) groups is 1. The van der Waals surface area contributed by atoms with E-state index in [0.29, 0.717) is 18.5 Å². The second kappa shape index (κ2) is 6.86. The van der Waals surface area contributed by atoms with E-state index in [0.717, 1.165) is 6.54 Å². The normalized spacial score (nSPS) is 25.8. The molecule has 94 valence electrons. The van der Waals surface area contributed by atoms with Crippen molar-refractivity contribution < 1.29 is 9.53 Å². The maximum absolute atomic E-state index is 11.0. The van der Waals surface area contributed by atoms with E-state index in [9.17, 15) is 4.79 Å². The van der Waals surface area contributed by atoms with Crippen molar-refractivity contribution in [1.82, 2.24) is 10.2 Å². The molecule has 1 fully saturated rings. The van der Waals surface area contributed by atoms with Crippen LogP contribution < -0.4 is 5.32 Å². The molecule has 1 rings (SSSR count). The Labute approximate surface area is 98.3 Å². The highest BCUT2D eigenvalue weighted by Gasteiger charge is 2.23. The Balaban J connectivity index is 2.22. The topological polar surface area (TPSA) is 41.6 Å². The zero-order valence-corrected chi connectivity index (χ0v) is 10.7. The summed E-state index contributed by atoms with van der Waals surface area (Å²) in [6, 6.07) is 1.32. The predicted octanol–water partition coefficient (Wildman–Crippen LogP) is 1.01. The van der Waals surface area contributed by atoms with Crippen molar-refractivity contribution in [3.8, 4) is 0 Å². The monoisotopic (exact) mass is 228 g/mol. The zero-order chi connectivity index (χ0) is 12.0. The molecular weight excluding hydrogens is 204 g/mol. The van der Waals surface area contributed by atoms with Gasteiger partial charge < -0.3 is 15.0 Å². The number of methoxy groups -OCH3 is 1. The van der Waals surface area contributed by atoms with Gasteiger partial charge in [-0.25, -0.2) is 0 Å². The first-order valence-corrected chi connectivity index (χ1v) is 6.11. The highest BCUT2D eigenvalue weighted by atomic mass is 16.5. The summed E-state index contributed by atoms with van der Waals surface area (Å²) in [7, 11) is 5.58. The lowest BCUT2D eigenvalue weighted by Crippen LogP contribution is -2.40. The first kappa shape index (κ1) is 13.5. The van der Waals surface area contributed by atoms with Crippen LogP contribution in [-0.4, -0.2) is 50.7 Å². The van der Waals surface area contributed by atoms with Crippen LogP contribution in [0.1, 0.15) is 32.1 Å². The third kappa shape index (κ3) is 4.10. The minimum absolute atomic E-state index is 0.115. The van der Waals surface area contributed by atoms with E-state index >= 15 is 0 Å². The van der Waals surface area contributed by atoms with Crippen molar-refractivity contribution in [2.24, 2.45) is 0 Å². The van der Waals surface area contributed by atoms with Crippen LogP contribution in [0.4, 0.5) is 0 Å². The fraction of sp³-hybridized carbons (Fsp3) is 0.917. The van der Waals surface area contributed by atoms with Gasteiger partial charge in [0.2, 0.25) is 0 Å². The van der Waals surface area contributed by atoms with Crippen LogP contribution in [0.3, 0.4) is 0 Å². The third-order valence-corrected chi connectivity index (χ3v) is 3.62. The number of esters is 1. The molecule has 16 heavy (non-hydrogen) atoms. The van der Waals surface area contributed by atoms with E-state index in [4.69, 9.17) is 0 Å². The second-order valence-corrected chi connectivity index (χ2v) is 4.60. The van der Waals surface area contributed by atoms with Crippen LogP contribution in [-0.2, 0) is 9.53 Å². The quantitative estimate of drug-likeness (QED) is 0.713. The maximum Gasteiger partial charge on any atom is 0.306 e. The highest BCUT2D eigenvalue weighted by Crippen LogP contribution is 2.22. The molecule has 0 atom stereocenters. The number of carbonyl (C=O) groups excluding carboxylic acids is 1. The lowest BCUT2D eigenvalue weighted by molar-refractivity contribution is -0.141. The third-order valence-electron chi connectivity index (χ3n) is 3.62. The molecule has 1 saturated carbocycles. The molecular formula is C12H24N2O2. The number of rotatable bonds is 5. The summed E-state index contributed by atoms with van der Waals surface area (Å²) < 4.78 is 4.65. The van der Waals surface area contributed by atoms with E-state index in [-0.39, 0.29) is 5.97 Å². The molecule has 0 aromatic carbocycles. The van der Waals surface area contributed by atoms with Crippen LogP contribution in [0, 0.1) is 0 Å². The fourth-order valence-corrected chi connectivity index (χ4v) is 2.36. The number of hydrogen-bond acceptors (Lipinski definition) is 4. The molecule has 0 radical (unpaired) electrons. The van der Waals surface area contributed by atoms with Gasteiger partial charge in [0.1, 0.15) is 0 Å². The van der Waals surface area contributed by atoms with Gasteiger partial charge >= 0.3 is 5.97 Å². The van der Waals surface area contributed by atoms with Crippen molar-refractivity contribution in [2.45, 2.75) is 44.2 Å². The van der Waals surface area contributed by atoms with Crippen LogP contribution in [0.25, 0.3) is 0 Å². The number of nitrogens with one attached hydrogen (secondary N) is 1. The van der Waals surface area contributed by atoms with E-state index in [1.54, 1.807) is 0 Å². The molecule has 0 aromatic rings. The molecule has 4 nitrogen and oxygen atoms in total.